The summed E-state index contributed by atoms with van der Waals surface area (Å²) in [6, 6.07) is 1.32. The molecular formula is C17H23FO3. The smallest absolute Gasteiger partial charge is 0.168 e. The summed E-state index contributed by atoms with van der Waals surface area (Å²) < 4.78 is 13.7. The monoisotopic (exact) mass is 294 g/mol. The fraction of sp³-hybridized carbons (Fsp3) is 0.412. The number of hydrogen-bond donors (Lipinski definition) is 3. The first-order chi connectivity index (χ1) is 9.96. The third-order valence-electron chi connectivity index (χ3n) is 3.46. The largest absolute Gasteiger partial charge is 0.507 e. The molecule has 0 spiro atoms. The highest BCUT2D eigenvalue weighted by Crippen LogP contribution is 2.42. The van der Waals surface area contributed by atoms with Gasteiger partial charge < -0.3 is 15.3 Å². The molecule has 1 aromatic carbocycles. The van der Waals surface area contributed by atoms with Crippen molar-refractivity contribution >= 4 is 0 Å². The molecule has 1 aliphatic rings. The van der Waals surface area contributed by atoms with E-state index < -0.39 is 11.6 Å². The molecule has 4 heteroatoms. The molecule has 3 nitrogen and oxygen atoms in total. The Balaban J connectivity index is 0.000000677. The summed E-state index contributed by atoms with van der Waals surface area (Å²) in [7, 11) is 0. The lowest BCUT2D eigenvalue weighted by molar-refractivity contribution is 0.320. The number of benzene rings is 1. The predicted octanol–water partition coefficient (Wildman–Crippen LogP) is 3.92. The van der Waals surface area contributed by atoms with Crippen molar-refractivity contribution in [3.63, 3.8) is 0 Å². The molecule has 1 aromatic rings. The zero-order valence-corrected chi connectivity index (χ0v) is 12.6. The Kier molecular flexibility index (Phi) is 6.43. The minimum absolute atomic E-state index is 0.0353. The van der Waals surface area contributed by atoms with Crippen LogP contribution < -0.4 is 0 Å². The summed E-state index contributed by atoms with van der Waals surface area (Å²) in [4.78, 5) is 0. The van der Waals surface area contributed by atoms with E-state index in [0.717, 1.165) is 24.8 Å². The first-order valence-corrected chi connectivity index (χ1v) is 7.04. The van der Waals surface area contributed by atoms with Gasteiger partial charge in [0.15, 0.2) is 11.6 Å². The van der Waals surface area contributed by atoms with Crippen molar-refractivity contribution in [2.45, 2.75) is 39.0 Å². The van der Waals surface area contributed by atoms with Crippen LogP contribution in [0, 0.1) is 12.7 Å². The zero-order valence-electron chi connectivity index (χ0n) is 12.6. The summed E-state index contributed by atoms with van der Waals surface area (Å²) in [5.41, 5.74) is 1.31. The Bertz CT molecular complexity index is 535. The summed E-state index contributed by atoms with van der Waals surface area (Å²) in [6.45, 7) is 6.71. The van der Waals surface area contributed by atoms with Crippen molar-refractivity contribution in [3.05, 3.63) is 47.3 Å². The topological polar surface area (TPSA) is 60.7 Å². The quantitative estimate of drug-likeness (QED) is 0.724. The number of aromatic hydroxyl groups is 2. The Morgan fingerprint density at radius 2 is 2.05 bits per heavy atom. The van der Waals surface area contributed by atoms with Gasteiger partial charge in [-0.2, -0.15) is 0 Å². The summed E-state index contributed by atoms with van der Waals surface area (Å²) >= 11 is 0. The molecule has 0 saturated carbocycles. The second kappa shape index (κ2) is 7.84. The first kappa shape index (κ1) is 17.2. The number of phenolic OH excluding ortho intramolecular Hbond substituents is 2. The van der Waals surface area contributed by atoms with Crippen LogP contribution in [0.2, 0.25) is 0 Å². The minimum atomic E-state index is -0.688. The molecule has 0 radical (unpaired) electrons. The van der Waals surface area contributed by atoms with E-state index in [1.54, 1.807) is 6.08 Å². The van der Waals surface area contributed by atoms with Crippen LogP contribution in [-0.2, 0) is 0 Å². The van der Waals surface area contributed by atoms with E-state index in [-0.39, 0.29) is 29.4 Å². The molecule has 0 aliphatic heterocycles. The molecule has 3 N–H and O–H groups in total. The molecule has 0 fully saturated rings. The molecule has 0 bridgehead atoms. The lowest BCUT2D eigenvalue weighted by Crippen LogP contribution is -2.07. The highest BCUT2D eigenvalue weighted by Gasteiger charge is 2.24. The van der Waals surface area contributed by atoms with Gasteiger partial charge in [-0.25, -0.2) is 4.39 Å². The van der Waals surface area contributed by atoms with Gasteiger partial charge in [-0.3, -0.25) is 0 Å². The van der Waals surface area contributed by atoms with Crippen LogP contribution in [-0.4, -0.2) is 21.9 Å². The van der Waals surface area contributed by atoms with E-state index in [0.29, 0.717) is 0 Å². The summed E-state index contributed by atoms with van der Waals surface area (Å²) in [5, 5.41) is 28.9. The van der Waals surface area contributed by atoms with E-state index in [2.05, 4.69) is 6.58 Å². The second-order valence-electron chi connectivity index (χ2n) is 5.18. The highest BCUT2D eigenvalue weighted by atomic mass is 19.1. The van der Waals surface area contributed by atoms with Gasteiger partial charge in [-0.05, 0) is 50.3 Å². The third kappa shape index (κ3) is 4.08. The van der Waals surface area contributed by atoms with Gasteiger partial charge in [-0.1, -0.05) is 12.2 Å². The number of allylic oxidation sites excluding steroid dienone is 2. The van der Waals surface area contributed by atoms with E-state index in [4.69, 9.17) is 5.11 Å². The standard InChI is InChI=1S/C14H17FO3.C3H6/c1-8-5-11(17)12(14(18)13(8)15)10-4-2-3-9(6-10)7-16;1-3-2/h5-6,10,16-18H,2-4,7H2,1H3;3H,1H2,2H3. The second-order valence-corrected chi connectivity index (χ2v) is 5.18. The lowest BCUT2D eigenvalue weighted by atomic mass is 9.84. The van der Waals surface area contributed by atoms with Crippen LogP contribution in [0.3, 0.4) is 0 Å². The van der Waals surface area contributed by atoms with Gasteiger partial charge in [0, 0.05) is 11.5 Å². The predicted molar refractivity (Wildman–Crippen MR) is 82.1 cm³/mol. The van der Waals surface area contributed by atoms with Crippen LogP contribution in [0.25, 0.3) is 0 Å². The van der Waals surface area contributed by atoms with E-state index >= 15 is 0 Å². The number of rotatable bonds is 2. The van der Waals surface area contributed by atoms with Gasteiger partial charge in [-0.15, -0.1) is 6.58 Å². The van der Waals surface area contributed by atoms with E-state index in [1.807, 2.05) is 13.0 Å². The zero-order chi connectivity index (χ0) is 16.0. The van der Waals surface area contributed by atoms with Crippen molar-refractivity contribution in [1.29, 1.82) is 0 Å². The van der Waals surface area contributed by atoms with E-state index in [9.17, 15) is 14.6 Å². The average molecular weight is 294 g/mol. The van der Waals surface area contributed by atoms with Crippen LogP contribution in [0.4, 0.5) is 4.39 Å². The number of halogens is 1. The minimum Gasteiger partial charge on any atom is -0.507 e. The molecule has 21 heavy (non-hydrogen) atoms. The van der Waals surface area contributed by atoms with Crippen molar-refractivity contribution in [1.82, 2.24) is 0 Å². The lowest BCUT2D eigenvalue weighted by Gasteiger charge is -2.22. The highest BCUT2D eigenvalue weighted by molar-refractivity contribution is 5.51. The number of aliphatic hydroxyl groups excluding tert-OH is 1. The number of aliphatic hydroxyl groups is 1. The Hall–Kier alpha value is -1.81. The summed E-state index contributed by atoms with van der Waals surface area (Å²) in [5.74, 6) is -1.50. The number of phenols is 2. The molecule has 0 saturated heterocycles. The molecule has 116 valence electrons. The molecular weight excluding hydrogens is 271 g/mol. The van der Waals surface area contributed by atoms with Gasteiger partial charge in [0.1, 0.15) is 5.75 Å². The van der Waals surface area contributed by atoms with Gasteiger partial charge in [0.25, 0.3) is 0 Å². The molecule has 0 aromatic heterocycles. The Morgan fingerprint density at radius 3 is 2.62 bits per heavy atom. The van der Waals surface area contributed by atoms with Gasteiger partial charge in [0.05, 0.1) is 6.61 Å². The Morgan fingerprint density at radius 1 is 1.43 bits per heavy atom. The SMILES string of the molecule is C=CC.Cc1cc(O)c(C2C=C(CO)CCC2)c(O)c1F. The normalized spacial score (nSPS) is 17.5. The number of aryl methyl sites for hydroxylation is 1. The molecule has 0 amide bonds. The maximum absolute atomic E-state index is 13.7. The van der Waals surface area contributed by atoms with Crippen molar-refractivity contribution in [2.75, 3.05) is 6.61 Å². The maximum Gasteiger partial charge on any atom is 0.168 e. The fourth-order valence-corrected chi connectivity index (χ4v) is 2.50. The number of hydrogen-bond acceptors (Lipinski definition) is 3. The third-order valence-corrected chi connectivity index (χ3v) is 3.46. The van der Waals surface area contributed by atoms with Crippen LogP contribution in [0.5, 0.6) is 11.5 Å². The average Bonchev–Trinajstić information content (AvgIpc) is 2.46. The molecule has 2 rings (SSSR count). The fourth-order valence-electron chi connectivity index (χ4n) is 2.50. The van der Waals surface area contributed by atoms with Crippen LogP contribution >= 0.6 is 0 Å². The Labute approximate surface area is 125 Å². The van der Waals surface area contributed by atoms with Gasteiger partial charge in [0.2, 0.25) is 0 Å². The van der Waals surface area contributed by atoms with Crippen molar-refractivity contribution < 1.29 is 19.7 Å². The van der Waals surface area contributed by atoms with Crippen molar-refractivity contribution in [3.8, 4) is 11.5 Å². The maximum atomic E-state index is 13.7. The van der Waals surface area contributed by atoms with Crippen LogP contribution in [0.15, 0.2) is 30.4 Å². The van der Waals surface area contributed by atoms with Gasteiger partial charge >= 0.3 is 0 Å². The van der Waals surface area contributed by atoms with Crippen molar-refractivity contribution in [2.24, 2.45) is 0 Å². The van der Waals surface area contributed by atoms with E-state index in [1.165, 1.54) is 13.0 Å². The molecule has 1 atom stereocenters. The molecule has 1 unspecified atom stereocenters. The van der Waals surface area contributed by atoms with Crippen LogP contribution in [0.1, 0.15) is 43.2 Å². The first-order valence-electron chi connectivity index (χ1n) is 7.04. The summed E-state index contributed by atoms with van der Waals surface area (Å²) in [6.07, 6.45) is 5.95. The molecule has 1 aliphatic carbocycles. The molecule has 0 heterocycles.